The molecule has 2 unspecified atom stereocenters. The number of amides is 2. The van der Waals surface area contributed by atoms with Gasteiger partial charge in [0.2, 0.25) is 5.54 Å². The molecule has 0 heterocycles. The first-order valence-electron chi connectivity index (χ1n) is 6.46. The standard InChI is InChI=1S/C12H19F3N2O3/c1-7(8-5-3-4-6-8)16-10(20)17-11(2,9(18)19)12(13,14)15/h7-8H,3-6H2,1-2H3,(H,18,19)(H2,16,17,20). The van der Waals surface area contributed by atoms with E-state index in [0.29, 0.717) is 6.92 Å². The SMILES string of the molecule is CC(NC(=O)NC(C)(C(=O)O)C(F)(F)F)C1CCCC1. The molecular weight excluding hydrogens is 277 g/mol. The average Bonchev–Trinajstić information content (AvgIpc) is 2.79. The third-order valence-corrected chi connectivity index (χ3v) is 3.82. The number of rotatable bonds is 4. The van der Waals surface area contributed by atoms with Crippen LogP contribution >= 0.6 is 0 Å². The van der Waals surface area contributed by atoms with E-state index < -0.39 is 23.7 Å². The smallest absolute Gasteiger partial charge is 0.422 e. The summed E-state index contributed by atoms with van der Waals surface area (Å²) in [4.78, 5) is 22.4. The minimum Gasteiger partial charge on any atom is -0.479 e. The first-order chi connectivity index (χ1) is 9.08. The van der Waals surface area contributed by atoms with Gasteiger partial charge in [-0.05, 0) is 32.6 Å². The molecule has 5 nitrogen and oxygen atoms in total. The minimum atomic E-state index is -5.08. The van der Waals surface area contributed by atoms with Crippen LogP contribution in [0.2, 0.25) is 0 Å². The molecule has 1 rings (SSSR count). The van der Waals surface area contributed by atoms with Crippen molar-refractivity contribution in [2.24, 2.45) is 5.92 Å². The molecule has 1 saturated carbocycles. The lowest BCUT2D eigenvalue weighted by Crippen LogP contribution is -2.64. The largest absolute Gasteiger partial charge is 0.479 e. The fourth-order valence-electron chi connectivity index (χ4n) is 2.29. The van der Waals surface area contributed by atoms with E-state index in [0.717, 1.165) is 25.7 Å². The Labute approximate surface area is 114 Å². The molecule has 1 aliphatic rings. The molecule has 0 saturated heterocycles. The van der Waals surface area contributed by atoms with Gasteiger partial charge in [0.1, 0.15) is 0 Å². The molecule has 0 bridgehead atoms. The van der Waals surface area contributed by atoms with Crippen LogP contribution in [0.3, 0.4) is 0 Å². The van der Waals surface area contributed by atoms with Crippen molar-refractivity contribution in [1.29, 1.82) is 0 Å². The summed E-state index contributed by atoms with van der Waals surface area (Å²) in [6, 6.07) is -1.41. The van der Waals surface area contributed by atoms with Gasteiger partial charge in [-0.15, -0.1) is 0 Å². The Bertz CT molecular complexity index is 381. The van der Waals surface area contributed by atoms with E-state index in [9.17, 15) is 22.8 Å². The highest BCUT2D eigenvalue weighted by Gasteiger charge is 2.58. The van der Waals surface area contributed by atoms with Gasteiger partial charge in [0, 0.05) is 6.04 Å². The number of alkyl halides is 3. The molecule has 116 valence electrons. The highest BCUT2D eigenvalue weighted by Crippen LogP contribution is 2.31. The minimum absolute atomic E-state index is 0.225. The lowest BCUT2D eigenvalue weighted by Gasteiger charge is -2.30. The molecule has 0 radical (unpaired) electrons. The fourth-order valence-corrected chi connectivity index (χ4v) is 2.29. The first kappa shape index (κ1) is 16.6. The lowest BCUT2D eigenvalue weighted by atomic mass is 9.99. The van der Waals surface area contributed by atoms with Crippen molar-refractivity contribution in [3.05, 3.63) is 0 Å². The second kappa shape index (κ2) is 5.88. The third-order valence-electron chi connectivity index (χ3n) is 3.82. The molecule has 0 aromatic heterocycles. The predicted molar refractivity (Wildman–Crippen MR) is 65.2 cm³/mol. The Hall–Kier alpha value is -1.47. The summed E-state index contributed by atoms with van der Waals surface area (Å²) in [6.45, 7) is 2.14. The number of hydrogen-bond donors (Lipinski definition) is 3. The van der Waals surface area contributed by atoms with Crippen molar-refractivity contribution in [3.63, 3.8) is 0 Å². The zero-order valence-corrected chi connectivity index (χ0v) is 11.4. The molecule has 0 aromatic carbocycles. The van der Waals surface area contributed by atoms with Gasteiger partial charge in [-0.25, -0.2) is 9.59 Å². The zero-order valence-electron chi connectivity index (χ0n) is 11.4. The highest BCUT2D eigenvalue weighted by atomic mass is 19.4. The van der Waals surface area contributed by atoms with E-state index in [1.165, 1.54) is 5.32 Å². The molecule has 2 atom stereocenters. The Morgan fingerprint density at radius 3 is 2.15 bits per heavy atom. The number of carbonyl (C=O) groups excluding carboxylic acids is 1. The molecule has 20 heavy (non-hydrogen) atoms. The van der Waals surface area contributed by atoms with E-state index in [2.05, 4.69) is 5.32 Å². The van der Waals surface area contributed by atoms with E-state index in [1.807, 2.05) is 0 Å². The van der Waals surface area contributed by atoms with Gasteiger partial charge in [-0.2, -0.15) is 13.2 Å². The Morgan fingerprint density at radius 2 is 1.75 bits per heavy atom. The Kier molecular flexibility index (Phi) is 4.88. The maximum atomic E-state index is 12.7. The van der Waals surface area contributed by atoms with Gasteiger partial charge in [-0.3, -0.25) is 0 Å². The van der Waals surface area contributed by atoms with Crippen LogP contribution in [-0.2, 0) is 4.79 Å². The lowest BCUT2D eigenvalue weighted by molar-refractivity contribution is -0.203. The van der Waals surface area contributed by atoms with Crippen LogP contribution in [0.1, 0.15) is 39.5 Å². The summed E-state index contributed by atoms with van der Waals surface area (Å²) in [5, 5.41) is 12.6. The summed E-state index contributed by atoms with van der Waals surface area (Å²) >= 11 is 0. The second-order valence-corrected chi connectivity index (χ2v) is 5.36. The maximum Gasteiger partial charge on any atom is 0.422 e. The number of aliphatic carboxylic acids is 1. The predicted octanol–water partition coefficient (Wildman–Crippen LogP) is 2.27. The molecule has 2 amide bonds. The number of nitrogens with one attached hydrogen (secondary N) is 2. The summed E-state index contributed by atoms with van der Waals surface area (Å²) in [7, 11) is 0. The summed E-state index contributed by atoms with van der Waals surface area (Å²) in [6.07, 6.45) is -1.18. The van der Waals surface area contributed by atoms with Crippen LogP contribution < -0.4 is 10.6 Å². The van der Waals surface area contributed by atoms with Gasteiger partial charge in [-0.1, -0.05) is 12.8 Å². The van der Waals surface area contributed by atoms with E-state index >= 15 is 0 Å². The van der Waals surface area contributed by atoms with Crippen molar-refractivity contribution in [1.82, 2.24) is 10.6 Å². The summed E-state index contributed by atoms with van der Waals surface area (Å²) in [5.74, 6) is -1.92. The van der Waals surface area contributed by atoms with Crippen LogP contribution in [-0.4, -0.2) is 34.9 Å². The number of hydrogen-bond acceptors (Lipinski definition) is 2. The van der Waals surface area contributed by atoms with Crippen LogP contribution in [0.5, 0.6) is 0 Å². The Balaban J connectivity index is 2.65. The van der Waals surface area contributed by atoms with Crippen LogP contribution in [0.25, 0.3) is 0 Å². The number of carboxylic acid groups (broad SMARTS) is 1. The van der Waals surface area contributed by atoms with Gasteiger partial charge in [0.15, 0.2) is 0 Å². The van der Waals surface area contributed by atoms with Gasteiger partial charge < -0.3 is 15.7 Å². The fraction of sp³-hybridized carbons (Fsp3) is 0.833. The molecular formula is C12H19F3N2O3. The van der Waals surface area contributed by atoms with Gasteiger partial charge in [0.25, 0.3) is 0 Å². The number of urea groups is 1. The summed E-state index contributed by atoms with van der Waals surface area (Å²) < 4.78 is 38.2. The maximum absolute atomic E-state index is 12.7. The van der Waals surface area contributed by atoms with Crippen molar-refractivity contribution < 1.29 is 27.9 Å². The van der Waals surface area contributed by atoms with Crippen LogP contribution in [0.15, 0.2) is 0 Å². The highest BCUT2D eigenvalue weighted by molar-refractivity contribution is 5.86. The van der Waals surface area contributed by atoms with Crippen molar-refractivity contribution in [3.8, 4) is 0 Å². The topological polar surface area (TPSA) is 78.4 Å². The zero-order chi connectivity index (χ0) is 15.6. The van der Waals surface area contributed by atoms with E-state index in [-0.39, 0.29) is 12.0 Å². The summed E-state index contributed by atoms with van der Waals surface area (Å²) in [5.41, 5.74) is -3.30. The van der Waals surface area contributed by atoms with Crippen molar-refractivity contribution in [2.45, 2.75) is 57.3 Å². The third kappa shape index (κ3) is 3.55. The monoisotopic (exact) mass is 296 g/mol. The molecule has 0 aliphatic heterocycles. The van der Waals surface area contributed by atoms with E-state index in [1.54, 1.807) is 6.92 Å². The molecule has 1 aliphatic carbocycles. The molecule has 8 heteroatoms. The number of halogens is 3. The van der Waals surface area contributed by atoms with Crippen LogP contribution in [0, 0.1) is 5.92 Å². The molecule has 0 aromatic rings. The quantitative estimate of drug-likeness (QED) is 0.744. The van der Waals surface area contributed by atoms with Gasteiger partial charge >= 0.3 is 18.2 Å². The number of carbonyl (C=O) groups is 2. The van der Waals surface area contributed by atoms with Gasteiger partial charge in [0.05, 0.1) is 0 Å². The van der Waals surface area contributed by atoms with Crippen molar-refractivity contribution in [2.75, 3.05) is 0 Å². The van der Waals surface area contributed by atoms with E-state index in [4.69, 9.17) is 5.11 Å². The second-order valence-electron chi connectivity index (χ2n) is 5.36. The average molecular weight is 296 g/mol. The first-order valence-corrected chi connectivity index (χ1v) is 6.46. The Morgan fingerprint density at radius 1 is 1.25 bits per heavy atom. The molecule has 3 N–H and O–H groups in total. The molecule has 1 fully saturated rings. The van der Waals surface area contributed by atoms with Crippen molar-refractivity contribution >= 4 is 12.0 Å². The molecule has 0 spiro atoms. The number of carboxylic acids is 1. The van der Waals surface area contributed by atoms with Crippen LogP contribution in [0.4, 0.5) is 18.0 Å². The normalized spacial score (nSPS) is 21.1.